The van der Waals surface area contributed by atoms with Gasteiger partial charge in [-0.05, 0) is 25.0 Å². The fourth-order valence-corrected chi connectivity index (χ4v) is 2.91. The second kappa shape index (κ2) is 9.08. The van der Waals surface area contributed by atoms with Crippen LogP contribution in [0.4, 0.5) is 0 Å². The van der Waals surface area contributed by atoms with Crippen molar-refractivity contribution in [2.24, 2.45) is 0 Å². The highest BCUT2D eigenvalue weighted by molar-refractivity contribution is 5.54. The van der Waals surface area contributed by atoms with E-state index in [9.17, 15) is 0 Å². The second-order valence-electron chi connectivity index (χ2n) is 5.54. The highest BCUT2D eigenvalue weighted by Crippen LogP contribution is 2.39. The van der Waals surface area contributed by atoms with E-state index in [4.69, 9.17) is 28.4 Å². The highest BCUT2D eigenvalue weighted by atomic mass is 16.5. The first-order valence-corrected chi connectivity index (χ1v) is 8.19. The van der Waals surface area contributed by atoms with E-state index in [1.165, 1.54) is 0 Å². The molecule has 0 heterocycles. The van der Waals surface area contributed by atoms with Gasteiger partial charge in [0, 0.05) is 23.3 Å². The summed E-state index contributed by atoms with van der Waals surface area (Å²) < 4.78 is 32.7. The Morgan fingerprint density at radius 2 is 0.885 bits per heavy atom. The Balaban J connectivity index is 2.39. The topological polar surface area (TPSA) is 55.4 Å². The van der Waals surface area contributed by atoms with Crippen molar-refractivity contribution < 1.29 is 28.4 Å². The van der Waals surface area contributed by atoms with E-state index in [1.807, 2.05) is 12.1 Å². The third-order valence-electron chi connectivity index (χ3n) is 4.19. The van der Waals surface area contributed by atoms with Crippen LogP contribution in [0.5, 0.6) is 34.5 Å². The maximum absolute atomic E-state index is 5.54. The average molecular weight is 362 g/mol. The van der Waals surface area contributed by atoms with Crippen LogP contribution in [0.3, 0.4) is 0 Å². The standard InChI is InChI=1S/C20H26O6/c1-21-15-9-13(19(25-5)17(11-15)23-3)7-8-14-10-16(22-2)12-18(24-4)20(14)26-6/h9-12H,7-8H2,1-6H3. The first kappa shape index (κ1) is 19.6. The van der Waals surface area contributed by atoms with E-state index in [2.05, 4.69) is 0 Å². The lowest BCUT2D eigenvalue weighted by Crippen LogP contribution is -2.02. The minimum atomic E-state index is 0.636. The van der Waals surface area contributed by atoms with Crippen LogP contribution in [0.25, 0.3) is 0 Å². The Morgan fingerprint density at radius 1 is 0.500 bits per heavy atom. The fraction of sp³-hybridized carbons (Fsp3) is 0.400. The van der Waals surface area contributed by atoms with Crippen LogP contribution < -0.4 is 28.4 Å². The molecule has 2 aromatic rings. The predicted octanol–water partition coefficient (Wildman–Crippen LogP) is 3.52. The first-order valence-electron chi connectivity index (χ1n) is 8.19. The molecule has 0 spiro atoms. The summed E-state index contributed by atoms with van der Waals surface area (Å²) in [4.78, 5) is 0. The molecule has 0 saturated heterocycles. The molecule has 2 aromatic carbocycles. The lowest BCUT2D eigenvalue weighted by Gasteiger charge is -2.17. The maximum atomic E-state index is 5.54. The van der Waals surface area contributed by atoms with Crippen LogP contribution >= 0.6 is 0 Å². The van der Waals surface area contributed by atoms with E-state index >= 15 is 0 Å². The van der Waals surface area contributed by atoms with Crippen molar-refractivity contribution in [3.05, 3.63) is 35.4 Å². The molecule has 0 aliphatic carbocycles. The quantitative estimate of drug-likeness (QED) is 0.680. The SMILES string of the molecule is COc1cc(CCc2cc(OC)cc(OC)c2OC)c(OC)c(OC)c1. The van der Waals surface area contributed by atoms with E-state index in [-0.39, 0.29) is 0 Å². The summed E-state index contributed by atoms with van der Waals surface area (Å²) in [5.74, 6) is 4.10. The maximum Gasteiger partial charge on any atom is 0.164 e. The number of rotatable bonds is 9. The molecule has 0 radical (unpaired) electrons. The van der Waals surface area contributed by atoms with Gasteiger partial charge in [0.2, 0.25) is 0 Å². The van der Waals surface area contributed by atoms with Gasteiger partial charge in [0.05, 0.1) is 42.7 Å². The molecule has 0 fully saturated rings. The third kappa shape index (κ3) is 4.07. The van der Waals surface area contributed by atoms with Gasteiger partial charge < -0.3 is 28.4 Å². The zero-order chi connectivity index (χ0) is 19.1. The number of hydrogen-bond donors (Lipinski definition) is 0. The summed E-state index contributed by atoms with van der Waals surface area (Å²) in [7, 11) is 9.72. The van der Waals surface area contributed by atoms with Crippen LogP contribution in [0, 0.1) is 0 Å². The Labute approximate surface area is 154 Å². The Morgan fingerprint density at radius 3 is 1.15 bits per heavy atom. The minimum absolute atomic E-state index is 0.636. The fourth-order valence-electron chi connectivity index (χ4n) is 2.91. The smallest absolute Gasteiger partial charge is 0.164 e. The van der Waals surface area contributed by atoms with Gasteiger partial charge >= 0.3 is 0 Å². The van der Waals surface area contributed by atoms with Crippen LogP contribution in [0.2, 0.25) is 0 Å². The zero-order valence-electron chi connectivity index (χ0n) is 16.2. The number of aryl methyl sites for hydroxylation is 2. The van der Waals surface area contributed by atoms with Crippen LogP contribution in [-0.4, -0.2) is 42.7 Å². The lowest BCUT2D eigenvalue weighted by molar-refractivity contribution is 0.343. The van der Waals surface area contributed by atoms with Gasteiger partial charge in [-0.25, -0.2) is 0 Å². The molecule has 0 amide bonds. The molecular weight excluding hydrogens is 336 g/mol. The van der Waals surface area contributed by atoms with Gasteiger partial charge in [0.1, 0.15) is 11.5 Å². The van der Waals surface area contributed by atoms with Gasteiger partial charge in [-0.15, -0.1) is 0 Å². The molecule has 0 saturated carbocycles. The first-order chi connectivity index (χ1) is 12.6. The molecule has 0 bridgehead atoms. The molecule has 0 N–H and O–H groups in total. The van der Waals surface area contributed by atoms with Crippen molar-refractivity contribution in [3.63, 3.8) is 0 Å². The molecule has 6 nitrogen and oxygen atoms in total. The molecule has 0 aliphatic heterocycles. The van der Waals surface area contributed by atoms with Gasteiger partial charge in [0.25, 0.3) is 0 Å². The number of ether oxygens (including phenoxy) is 6. The Bertz CT molecular complexity index is 678. The summed E-state index contributed by atoms with van der Waals surface area (Å²) in [5.41, 5.74) is 1.96. The normalized spacial score (nSPS) is 10.2. The summed E-state index contributed by atoms with van der Waals surface area (Å²) in [5, 5.41) is 0. The zero-order valence-corrected chi connectivity index (χ0v) is 16.2. The largest absolute Gasteiger partial charge is 0.497 e. The molecule has 2 rings (SSSR count). The lowest BCUT2D eigenvalue weighted by atomic mass is 10.0. The van der Waals surface area contributed by atoms with Crippen molar-refractivity contribution in [2.75, 3.05) is 42.7 Å². The number of hydrogen-bond acceptors (Lipinski definition) is 6. The molecule has 142 valence electrons. The molecule has 6 heteroatoms. The number of methoxy groups -OCH3 is 6. The summed E-state index contributed by atoms with van der Waals surface area (Å²) in [6.45, 7) is 0. The Kier molecular flexibility index (Phi) is 6.83. The summed E-state index contributed by atoms with van der Waals surface area (Å²) in [6.07, 6.45) is 1.40. The van der Waals surface area contributed by atoms with E-state index in [0.29, 0.717) is 47.3 Å². The Hall–Kier alpha value is -2.76. The molecule has 0 unspecified atom stereocenters. The van der Waals surface area contributed by atoms with Crippen molar-refractivity contribution >= 4 is 0 Å². The molecule has 0 aliphatic rings. The van der Waals surface area contributed by atoms with Crippen molar-refractivity contribution in [1.29, 1.82) is 0 Å². The van der Waals surface area contributed by atoms with Gasteiger partial charge in [-0.3, -0.25) is 0 Å². The molecule has 26 heavy (non-hydrogen) atoms. The second-order valence-corrected chi connectivity index (χ2v) is 5.54. The molecule has 0 aromatic heterocycles. The average Bonchev–Trinajstić information content (AvgIpc) is 2.70. The van der Waals surface area contributed by atoms with Crippen LogP contribution in [0.15, 0.2) is 24.3 Å². The van der Waals surface area contributed by atoms with Crippen molar-refractivity contribution in [2.45, 2.75) is 12.8 Å². The van der Waals surface area contributed by atoms with E-state index in [1.54, 1.807) is 54.8 Å². The monoisotopic (exact) mass is 362 g/mol. The number of benzene rings is 2. The summed E-state index contributed by atoms with van der Waals surface area (Å²) >= 11 is 0. The molecular formula is C20H26O6. The van der Waals surface area contributed by atoms with Crippen LogP contribution in [0.1, 0.15) is 11.1 Å². The minimum Gasteiger partial charge on any atom is -0.497 e. The van der Waals surface area contributed by atoms with E-state index < -0.39 is 0 Å². The van der Waals surface area contributed by atoms with Crippen LogP contribution in [-0.2, 0) is 12.8 Å². The van der Waals surface area contributed by atoms with Gasteiger partial charge in [-0.1, -0.05) is 0 Å². The van der Waals surface area contributed by atoms with Crippen molar-refractivity contribution in [1.82, 2.24) is 0 Å². The molecule has 0 atom stereocenters. The highest BCUT2D eigenvalue weighted by Gasteiger charge is 2.17. The third-order valence-corrected chi connectivity index (χ3v) is 4.19. The predicted molar refractivity (Wildman–Crippen MR) is 99.6 cm³/mol. The van der Waals surface area contributed by atoms with Crippen molar-refractivity contribution in [3.8, 4) is 34.5 Å². The van der Waals surface area contributed by atoms with Gasteiger partial charge in [0.15, 0.2) is 23.0 Å². The summed E-state index contributed by atoms with van der Waals surface area (Å²) in [6, 6.07) is 7.51. The van der Waals surface area contributed by atoms with E-state index in [0.717, 1.165) is 11.1 Å². The van der Waals surface area contributed by atoms with Gasteiger partial charge in [-0.2, -0.15) is 0 Å².